The van der Waals surface area contributed by atoms with E-state index < -0.39 is 5.60 Å². The highest BCUT2D eigenvalue weighted by molar-refractivity contribution is 5.82. The zero-order valence-corrected chi connectivity index (χ0v) is 20.2. The molecule has 0 radical (unpaired) electrons. The Hall–Kier alpha value is -1.67. The molecule has 4 aliphatic rings. The molecule has 0 amide bonds. The van der Waals surface area contributed by atoms with Crippen LogP contribution < -0.4 is 0 Å². The molecule has 1 aromatic heterocycles. The fourth-order valence-electron chi connectivity index (χ4n) is 9.12. The number of hydrogen-bond acceptors (Lipinski definition) is 4. The van der Waals surface area contributed by atoms with Gasteiger partial charge >= 0.3 is 0 Å². The zero-order chi connectivity index (χ0) is 22.9. The van der Waals surface area contributed by atoms with Crippen LogP contribution in [0.5, 0.6) is 0 Å². The summed E-state index contributed by atoms with van der Waals surface area (Å²) in [5.74, 6) is 2.30. The van der Waals surface area contributed by atoms with Crippen LogP contribution in [0.1, 0.15) is 91.0 Å². The average molecular weight is 438 g/mol. The molecule has 1 heterocycles. The normalized spacial score (nSPS) is 47.8. The Labute approximate surface area is 192 Å². The summed E-state index contributed by atoms with van der Waals surface area (Å²) in [4.78, 5) is 13.4. The smallest absolute Gasteiger partial charge is 0.157 e. The van der Waals surface area contributed by atoms with Crippen molar-refractivity contribution in [2.24, 2.45) is 39.9 Å². The third kappa shape index (κ3) is 3.05. The Morgan fingerprint density at radius 1 is 1.09 bits per heavy atom. The topological polar surface area (TPSA) is 78.9 Å². The molecule has 1 aromatic rings. The maximum absolute atomic E-state index is 13.4. The summed E-state index contributed by atoms with van der Waals surface area (Å²) in [6.07, 6.45) is 13.2. The first-order chi connectivity index (χ1) is 15.0. The molecular weight excluding hydrogens is 398 g/mol. The number of aliphatic hydroxyl groups is 1. The van der Waals surface area contributed by atoms with E-state index >= 15 is 0 Å². The predicted octanol–water partition coefficient (Wildman–Crippen LogP) is 5.12. The van der Waals surface area contributed by atoms with Gasteiger partial charge in [0.15, 0.2) is 5.78 Å². The van der Waals surface area contributed by atoms with Gasteiger partial charge in [0.1, 0.15) is 6.07 Å². The molecule has 4 saturated carbocycles. The number of nitrogens with zero attached hydrogens (tertiary/aromatic N) is 3. The van der Waals surface area contributed by atoms with E-state index in [1.807, 2.05) is 6.92 Å². The molecule has 0 bridgehead atoms. The largest absolute Gasteiger partial charge is 0.390 e. The van der Waals surface area contributed by atoms with E-state index in [-0.39, 0.29) is 17.9 Å². The van der Waals surface area contributed by atoms with E-state index in [1.165, 1.54) is 19.3 Å². The van der Waals surface area contributed by atoms with Crippen molar-refractivity contribution >= 4 is 5.78 Å². The molecule has 8 atom stereocenters. The second-order valence-electron chi connectivity index (χ2n) is 12.7. The monoisotopic (exact) mass is 437 g/mol. The van der Waals surface area contributed by atoms with E-state index in [2.05, 4.69) is 31.9 Å². The summed E-state index contributed by atoms with van der Waals surface area (Å²) in [6.45, 7) is 9.81. The molecule has 1 N–H and O–H groups in total. The minimum absolute atomic E-state index is 0.0792. The molecule has 0 aromatic carbocycles. The van der Waals surface area contributed by atoms with Gasteiger partial charge in [-0.15, -0.1) is 0 Å². The number of carbonyl (C=O) groups is 1. The van der Waals surface area contributed by atoms with Crippen LogP contribution in [-0.2, 0) is 11.3 Å². The van der Waals surface area contributed by atoms with Gasteiger partial charge in [-0.25, -0.2) is 0 Å². The van der Waals surface area contributed by atoms with Gasteiger partial charge in [-0.3, -0.25) is 9.48 Å². The van der Waals surface area contributed by atoms with Crippen molar-refractivity contribution < 1.29 is 9.90 Å². The molecule has 0 aliphatic heterocycles. The molecule has 5 nitrogen and oxygen atoms in total. The van der Waals surface area contributed by atoms with E-state index in [0.29, 0.717) is 39.9 Å². The van der Waals surface area contributed by atoms with Crippen LogP contribution >= 0.6 is 0 Å². The van der Waals surface area contributed by atoms with Gasteiger partial charge < -0.3 is 5.11 Å². The highest BCUT2D eigenvalue weighted by Gasteiger charge is 2.66. The van der Waals surface area contributed by atoms with Crippen molar-refractivity contribution in [1.29, 1.82) is 5.26 Å². The van der Waals surface area contributed by atoms with Crippen molar-refractivity contribution in [3.05, 3.63) is 18.0 Å². The molecule has 5 rings (SSSR count). The predicted molar refractivity (Wildman–Crippen MR) is 122 cm³/mol. The molecule has 0 unspecified atom stereocenters. The molecule has 32 heavy (non-hydrogen) atoms. The fraction of sp³-hybridized carbons (Fsp3) is 0.815. The van der Waals surface area contributed by atoms with Crippen LogP contribution in [0.4, 0.5) is 0 Å². The van der Waals surface area contributed by atoms with Gasteiger partial charge in [-0.05, 0) is 98.7 Å². The molecule has 4 aliphatic carbocycles. The summed E-state index contributed by atoms with van der Waals surface area (Å²) < 4.78 is 1.64. The lowest BCUT2D eigenvalue weighted by atomic mass is 9.38. The minimum Gasteiger partial charge on any atom is -0.390 e. The van der Waals surface area contributed by atoms with Crippen molar-refractivity contribution in [1.82, 2.24) is 9.78 Å². The third-order valence-corrected chi connectivity index (χ3v) is 11.3. The first-order valence-corrected chi connectivity index (χ1v) is 12.7. The van der Waals surface area contributed by atoms with Crippen LogP contribution in [-0.4, -0.2) is 26.3 Å². The van der Waals surface area contributed by atoms with Gasteiger partial charge in [-0.2, -0.15) is 10.4 Å². The molecule has 0 spiro atoms. The quantitative estimate of drug-likeness (QED) is 0.711. The maximum atomic E-state index is 13.4. The second-order valence-corrected chi connectivity index (χ2v) is 12.7. The van der Waals surface area contributed by atoms with Gasteiger partial charge in [-0.1, -0.05) is 20.8 Å². The number of fused-ring (bicyclic) bond motifs is 5. The Balaban J connectivity index is 1.38. The molecule has 174 valence electrons. The van der Waals surface area contributed by atoms with Gasteiger partial charge in [0, 0.05) is 12.1 Å². The Bertz CT molecular complexity index is 960. The second kappa shape index (κ2) is 7.16. The molecule has 4 fully saturated rings. The van der Waals surface area contributed by atoms with Crippen LogP contribution in [0, 0.1) is 51.2 Å². The van der Waals surface area contributed by atoms with Crippen LogP contribution in [0.2, 0.25) is 0 Å². The van der Waals surface area contributed by atoms with Gasteiger partial charge in [0.2, 0.25) is 0 Å². The van der Waals surface area contributed by atoms with Crippen LogP contribution in [0.15, 0.2) is 12.4 Å². The lowest BCUT2D eigenvalue weighted by Crippen LogP contribution is -2.61. The summed E-state index contributed by atoms with van der Waals surface area (Å²) in [7, 11) is 0. The minimum atomic E-state index is -0.501. The lowest BCUT2D eigenvalue weighted by Gasteiger charge is -2.67. The van der Waals surface area contributed by atoms with Crippen LogP contribution in [0.3, 0.4) is 0 Å². The summed E-state index contributed by atoms with van der Waals surface area (Å²) >= 11 is 0. The molecule has 0 saturated heterocycles. The number of nitriles is 1. The van der Waals surface area contributed by atoms with Crippen molar-refractivity contribution in [3.8, 4) is 6.07 Å². The number of Topliss-reactive ketones (excluding diaryl/α,β-unsaturated/α-hetero) is 1. The maximum Gasteiger partial charge on any atom is 0.157 e. The average Bonchev–Trinajstić information content (AvgIpc) is 3.33. The van der Waals surface area contributed by atoms with E-state index in [4.69, 9.17) is 5.26 Å². The number of rotatable bonds is 3. The van der Waals surface area contributed by atoms with E-state index in [9.17, 15) is 9.90 Å². The van der Waals surface area contributed by atoms with Crippen molar-refractivity contribution in [2.75, 3.05) is 0 Å². The summed E-state index contributed by atoms with van der Waals surface area (Å²) in [5.41, 5.74) is 0.691. The van der Waals surface area contributed by atoms with Crippen molar-refractivity contribution in [3.63, 3.8) is 0 Å². The number of hydrogen-bond donors (Lipinski definition) is 1. The number of ketones is 1. The molecule has 5 heteroatoms. The molecular formula is C27H39N3O2. The highest BCUT2D eigenvalue weighted by Crippen LogP contribution is 2.73. The number of carbonyl (C=O) groups excluding carboxylic acids is 1. The Morgan fingerprint density at radius 2 is 1.81 bits per heavy atom. The summed E-state index contributed by atoms with van der Waals surface area (Å²) in [5, 5.41) is 24.0. The van der Waals surface area contributed by atoms with E-state index in [1.54, 1.807) is 17.1 Å². The highest BCUT2D eigenvalue weighted by atomic mass is 16.3. The Morgan fingerprint density at radius 3 is 2.53 bits per heavy atom. The zero-order valence-electron chi connectivity index (χ0n) is 20.2. The van der Waals surface area contributed by atoms with E-state index in [0.717, 1.165) is 38.5 Å². The third-order valence-electron chi connectivity index (χ3n) is 11.3. The first-order valence-electron chi connectivity index (χ1n) is 12.7. The Kier molecular flexibility index (Phi) is 4.95. The lowest BCUT2D eigenvalue weighted by molar-refractivity contribution is -0.197. The van der Waals surface area contributed by atoms with Crippen LogP contribution in [0.25, 0.3) is 0 Å². The van der Waals surface area contributed by atoms with Gasteiger partial charge in [0.25, 0.3) is 0 Å². The SMILES string of the molecule is C[C@]1(O)CC[C@@]2(C)[C@@H](CC[C@H]3[C@@H]4CC[C@H](C(=O)Cn5cc(C#N)cn5)[C@@]4(C)CC[C@@]32C)C1. The van der Waals surface area contributed by atoms with Crippen molar-refractivity contribution in [2.45, 2.75) is 97.6 Å². The van der Waals surface area contributed by atoms with Gasteiger partial charge in [0.05, 0.1) is 23.9 Å². The fourth-order valence-corrected chi connectivity index (χ4v) is 9.12. The number of aromatic nitrogens is 2. The standard InChI is InChI=1S/C27H39N3O2/c1-24(32)9-11-26(3)19(13-24)5-6-21-20-7-8-22(25(20,2)10-12-27(21,26)4)23(31)17-30-16-18(14-28)15-29-30/h15-16,19-22,32H,5-13,17H2,1-4H3/t19-,20-,21-,22+,24-,25-,26-,27-/m0/s1. The summed E-state index contributed by atoms with van der Waals surface area (Å²) in [6, 6.07) is 2.10. The first kappa shape index (κ1) is 22.1.